The van der Waals surface area contributed by atoms with Crippen LogP contribution in [0.5, 0.6) is 0 Å². The Balaban J connectivity index is 2.19. The number of nitrogens with two attached hydrogens (primary N) is 1. The fraction of sp³-hybridized carbons (Fsp3) is 0.600. The first-order valence-electron chi connectivity index (χ1n) is 7.06. The quantitative estimate of drug-likeness (QED) is 0.471. The fourth-order valence-electron chi connectivity index (χ4n) is 3.24. The standard InChI is InChI=1S/C15H22FIN2/c1-2-10-4-3-5-11(8-10)15(19-18)13-7-6-12(16)9-14(13)17/h6-7,9-11,15,19H,2-5,8,18H2,1H3. The zero-order valence-electron chi connectivity index (χ0n) is 11.3. The lowest BCUT2D eigenvalue weighted by Gasteiger charge is -2.34. The van der Waals surface area contributed by atoms with Crippen molar-refractivity contribution in [1.82, 2.24) is 5.43 Å². The van der Waals surface area contributed by atoms with Crippen LogP contribution in [0, 0.1) is 21.2 Å². The fourth-order valence-corrected chi connectivity index (χ4v) is 4.05. The maximum Gasteiger partial charge on any atom is 0.124 e. The summed E-state index contributed by atoms with van der Waals surface area (Å²) in [6, 6.07) is 5.13. The van der Waals surface area contributed by atoms with Gasteiger partial charge in [-0.15, -0.1) is 0 Å². The van der Waals surface area contributed by atoms with Gasteiger partial charge in [-0.2, -0.15) is 0 Å². The molecule has 0 saturated heterocycles. The van der Waals surface area contributed by atoms with Crippen molar-refractivity contribution in [3.63, 3.8) is 0 Å². The Labute approximate surface area is 128 Å². The Kier molecular flexibility index (Phi) is 5.59. The van der Waals surface area contributed by atoms with Crippen molar-refractivity contribution in [3.05, 3.63) is 33.1 Å². The lowest BCUT2D eigenvalue weighted by molar-refractivity contribution is 0.209. The summed E-state index contributed by atoms with van der Waals surface area (Å²) in [6.45, 7) is 2.26. The zero-order valence-corrected chi connectivity index (χ0v) is 13.5. The molecule has 0 heterocycles. The summed E-state index contributed by atoms with van der Waals surface area (Å²) in [5.74, 6) is 6.97. The first-order chi connectivity index (χ1) is 9.15. The Morgan fingerprint density at radius 1 is 1.47 bits per heavy atom. The molecule has 0 radical (unpaired) electrons. The number of hydrogen-bond donors (Lipinski definition) is 2. The molecule has 4 heteroatoms. The number of rotatable bonds is 4. The molecule has 3 N–H and O–H groups in total. The second-order valence-electron chi connectivity index (χ2n) is 5.51. The highest BCUT2D eigenvalue weighted by molar-refractivity contribution is 14.1. The first kappa shape index (κ1) is 15.2. The Bertz CT molecular complexity index is 425. The van der Waals surface area contributed by atoms with Crippen molar-refractivity contribution in [2.45, 2.75) is 45.1 Å². The van der Waals surface area contributed by atoms with E-state index in [-0.39, 0.29) is 11.9 Å². The highest BCUT2D eigenvalue weighted by Gasteiger charge is 2.29. The molecule has 0 amide bonds. The van der Waals surface area contributed by atoms with Crippen LogP contribution >= 0.6 is 22.6 Å². The predicted molar refractivity (Wildman–Crippen MR) is 84.9 cm³/mol. The van der Waals surface area contributed by atoms with E-state index in [1.165, 1.54) is 38.2 Å². The monoisotopic (exact) mass is 376 g/mol. The van der Waals surface area contributed by atoms with E-state index < -0.39 is 0 Å². The second-order valence-corrected chi connectivity index (χ2v) is 6.67. The number of halogens is 2. The normalized spacial score (nSPS) is 25.3. The van der Waals surface area contributed by atoms with E-state index in [9.17, 15) is 4.39 Å². The maximum atomic E-state index is 13.2. The van der Waals surface area contributed by atoms with Gasteiger partial charge in [0.15, 0.2) is 0 Å². The summed E-state index contributed by atoms with van der Waals surface area (Å²) in [5, 5.41) is 0. The summed E-state index contributed by atoms with van der Waals surface area (Å²) in [7, 11) is 0. The molecule has 1 aromatic carbocycles. The maximum absolute atomic E-state index is 13.2. The predicted octanol–water partition coefficient (Wildman–Crippen LogP) is 4.15. The number of nitrogens with one attached hydrogen (secondary N) is 1. The minimum Gasteiger partial charge on any atom is -0.271 e. The van der Waals surface area contributed by atoms with Crippen LogP contribution in [0.25, 0.3) is 0 Å². The van der Waals surface area contributed by atoms with Gasteiger partial charge in [0.05, 0.1) is 0 Å². The minimum absolute atomic E-state index is 0.141. The van der Waals surface area contributed by atoms with E-state index in [4.69, 9.17) is 5.84 Å². The van der Waals surface area contributed by atoms with Gasteiger partial charge in [0.1, 0.15) is 5.82 Å². The molecule has 3 atom stereocenters. The Hall–Kier alpha value is -0.200. The summed E-state index contributed by atoms with van der Waals surface area (Å²) in [5.41, 5.74) is 4.10. The molecule has 3 unspecified atom stereocenters. The van der Waals surface area contributed by atoms with Gasteiger partial charge < -0.3 is 0 Å². The lowest BCUT2D eigenvalue weighted by atomic mass is 9.75. The van der Waals surface area contributed by atoms with Gasteiger partial charge in [-0.1, -0.05) is 32.3 Å². The van der Waals surface area contributed by atoms with Crippen molar-refractivity contribution < 1.29 is 4.39 Å². The van der Waals surface area contributed by atoms with E-state index in [1.807, 2.05) is 6.07 Å². The molecular formula is C15H22FIN2. The van der Waals surface area contributed by atoms with Gasteiger partial charge in [-0.05, 0) is 65.0 Å². The summed E-state index contributed by atoms with van der Waals surface area (Å²) in [4.78, 5) is 0. The van der Waals surface area contributed by atoms with Crippen LogP contribution in [0.2, 0.25) is 0 Å². The molecule has 2 rings (SSSR count). The Morgan fingerprint density at radius 2 is 2.26 bits per heavy atom. The van der Waals surface area contributed by atoms with Crippen LogP contribution in [0.15, 0.2) is 18.2 Å². The average Bonchev–Trinajstić information content (AvgIpc) is 2.42. The lowest BCUT2D eigenvalue weighted by Crippen LogP contribution is -2.36. The topological polar surface area (TPSA) is 38.0 Å². The average molecular weight is 376 g/mol. The van der Waals surface area contributed by atoms with Gasteiger partial charge in [0.25, 0.3) is 0 Å². The highest BCUT2D eigenvalue weighted by Crippen LogP contribution is 2.39. The van der Waals surface area contributed by atoms with Crippen LogP contribution < -0.4 is 11.3 Å². The summed E-state index contributed by atoms with van der Waals surface area (Å²) in [6.07, 6.45) is 6.29. The van der Waals surface area contributed by atoms with E-state index in [2.05, 4.69) is 34.9 Å². The zero-order chi connectivity index (χ0) is 13.8. The largest absolute Gasteiger partial charge is 0.271 e. The number of hydrogen-bond acceptors (Lipinski definition) is 2. The van der Waals surface area contributed by atoms with Gasteiger partial charge in [-0.3, -0.25) is 11.3 Å². The minimum atomic E-state index is -0.181. The number of hydrazine groups is 1. The molecule has 0 bridgehead atoms. The van der Waals surface area contributed by atoms with Gasteiger partial charge >= 0.3 is 0 Å². The molecule has 0 spiro atoms. The Morgan fingerprint density at radius 3 is 2.89 bits per heavy atom. The van der Waals surface area contributed by atoms with Crippen molar-refractivity contribution >= 4 is 22.6 Å². The molecule has 1 fully saturated rings. The van der Waals surface area contributed by atoms with Crippen LogP contribution in [-0.4, -0.2) is 0 Å². The molecule has 0 aromatic heterocycles. The third-order valence-corrected chi connectivity index (χ3v) is 5.28. The van der Waals surface area contributed by atoms with Gasteiger partial charge in [0.2, 0.25) is 0 Å². The highest BCUT2D eigenvalue weighted by atomic mass is 127. The van der Waals surface area contributed by atoms with Crippen molar-refractivity contribution in [2.24, 2.45) is 17.7 Å². The molecule has 1 aliphatic rings. The first-order valence-corrected chi connectivity index (χ1v) is 8.14. The SMILES string of the molecule is CCC1CCCC(C(NN)c2ccc(F)cc2I)C1. The van der Waals surface area contributed by atoms with Crippen LogP contribution in [-0.2, 0) is 0 Å². The van der Waals surface area contributed by atoms with E-state index in [0.29, 0.717) is 5.92 Å². The molecule has 106 valence electrons. The molecular weight excluding hydrogens is 354 g/mol. The molecule has 19 heavy (non-hydrogen) atoms. The van der Waals surface area contributed by atoms with Gasteiger partial charge in [0, 0.05) is 9.61 Å². The molecule has 1 aliphatic carbocycles. The van der Waals surface area contributed by atoms with Crippen molar-refractivity contribution in [1.29, 1.82) is 0 Å². The second kappa shape index (κ2) is 6.99. The van der Waals surface area contributed by atoms with Gasteiger partial charge in [-0.25, -0.2) is 4.39 Å². The molecule has 0 aliphatic heterocycles. The molecule has 1 aromatic rings. The number of benzene rings is 1. The van der Waals surface area contributed by atoms with E-state index in [1.54, 1.807) is 6.07 Å². The van der Waals surface area contributed by atoms with Crippen molar-refractivity contribution in [2.75, 3.05) is 0 Å². The van der Waals surface area contributed by atoms with E-state index >= 15 is 0 Å². The smallest absolute Gasteiger partial charge is 0.124 e. The van der Waals surface area contributed by atoms with Crippen molar-refractivity contribution in [3.8, 4) is 0 Å². The molecule has 1 saturated carbocycles. The molecule has 2 nitrogen and oxygen atoms in total. The summed E-state index contributed by atoms with van der Waals surface area (Å²) < 4.78 is 14.2. The van der Waals surface area contributed by atoms with Crippen LogP contribution in [0.4, 0.5) is 4.39 Å². The van der Waals surface area contributed by atoms with E-state index in [0.717, 1.165) is 15.1 Å². The third-order valence-electron chi connectivity index (χ3n) is 4.35. The summed E-state index contributed by atoms with van der Waals surface area (Å²) >= 11 is 2.20. The van der Waals surface area contributed by atoms with Crippen LogP contribution in [0.3, 0.4) is 0 Å². The third kappa shape index (κ3) is 3.67. The van der Waals surface area contributed by atoms with Crippen LogP contribution in [0.1, 0.15) is 50.6 Å².